The Hall–Kier alpha value is -2.54. The summed E-state index contributed by atoms with van der Waals surface area (Å²) < 4.78 is 49.5. The van der Waals surface area contributed by atoms with Crippen LogP contribution >= 0.6 is 18.9 Å². The number of nitrogens with zero attached hydrogens (tertiary/aromatic N) is 6. The zero-order valence-electron chi connectivity index (χ0n) is 16.6. The van der Waals surface area contributed by atoms with E-state index >= 15 is 0 Å². The number of azide groups is 2. The summed E-state index contributed by atoms with van der Waals surface area (Å²) in [5.41, 5.74) is 16.7. The molecular formula is C15H20N7O7PS2. The predicted octanol–water partition coefficient (Wildman–Crippen LogP) is 3.47. The highest BCUT2D eigenvalue weighted by Crippen LogP contribution is 2.39. The van der Waals surface area contributed by atoms with Crippen molar-refractivity contribution >= 4 is 39.0 Å². The van der Waals surface area contributed by atoms with E-state index in [1.54, 1.807) is 12.1 Å². The number of rotatable bonds is 14. The lowest BCUT2D eigenvalue weighted by Crippen LogP contribution is -2.23. The molecule has 0 radical (unpaired) electrons. The van der Waals surface area contributed by atoms with Gasteiger partial charge in [0.2, 0.25) is 0 Å². The number of thiophene rings is 1. The van der Waals surface area contributed by atoms with Crippen LogP contribution in [0.15, 0.2) is 32.6 Å². The Labute approximate surface area is 186 Å². The number of benzene rings is 1. The van der Waals surface area contributed by atoms with E-state index in [1.165, 1.54) is 6.07 Å². The summed E-state index contributed by atoms with van der Waals surface area (Å²) >= 11 is 0.899. The first-order chi connectivity index (χ1) is 15.2. The highest BCUT2D eigenvalue weighted by atomic mass is 32.2. The highest BCUT2D eigenvalue weighted by Gasteiger charge is 2.23. The Balaban J connectivity index is 2.27. The van der Waals surface area contributed by atoms with Gasteiger partial charge in [-0.1, -0.05) is 10.2 Å². The van der Waals surface area contributed by atoms with Crippen molar-refractivity contribution in [2.45, 2.75) is 17.1 Å². The van der Waals surface area contributed by atoms with E-state index in [4.69, 9.17) is 30.3 Å². The van der Waals surface area contributed by atoms with E-state index in [-0.39, 0.29) is 30.5 Å². The van der Waals surface area contributed by atoms with Crippen molar-refractivity contribution in [3.05, 3.63) is 39.1 Å². The zero-order chi connectivity index (χ0) is 23.6. The third-order valence-electron chi connectivity index (χ3n) is 3.73. The summed E-state index contributed by atoms with van der Waals surface area (Å²) in [5, 5.41) is 7.37. The molecule has 3 N–H and O–H groups in total. The second-order valence-corrected chi connectivity index (χ2v) is 10.9. The van der Waals surface area contributed by atoms with Gasteiger partial charge >= 0.3 is 7.60 Å². The maximum Gasteiger partial charge on any atom is 0.340 e. The smallest absolute Gasteiger partial charge is 0.340 e. The second-order valence-electron chi connectivity index (χ2n) is 6.19. The summed E-state index contributed by atoms with van der Waals surface area (Å²) in [5.74, 6) is 0.684. The van der Waals surface area contributed by atoms with Gasteiger partial charge in [-0.3, -0.25) is 4.57 Å². The Morgan fingerprint density at radius 2 is 1.59 bits per heavy atom. The van der Waals surface area contributed by atoms with Crippen LogP contribution in [-0.4, -0.2) is 50.8 Å². The van der Waals surface area contributed by atoms with Crippen molar-refractivity contribution in [1.82, 2.24) is 4.72 Å². The average molecular weight is 505 g/mol. The lowest BCUT2D eigenvalue weighted by atomic mass is 10.2. The van der Waals surface area contributed by atoms with Gasteiger partial charge in [0.1, 0.15) is 10.5 Å². The molecule has 0 aliphatic carbocycles. The Morgan fingerprint density at radius 3 is 2.12 bits per heavy atom. The lowest BCUT2D eigenvalue weighted by molar-refractivity contribution is 0.266. The third kappa shape index (κ3) is 8.19. The number of hydrogen-bond acceptors (Lipinski definition) is 8. The fourth-order valence-corrected chi connectivity index (χ4v) is 5.81. The van der Waals surface area contributed by atoms with Gasteiger partial charge in [-0.15, -0.1) is 11.3 Å². The minimum Gasteiger partial charge on any atom is -0.490 e. The molecular weight excluding hydrogens is 485 g/mol. The molecule has 1 heterocycles. The summed E-state index contributed by atoms with van der Waals surface area (Å²) in [6.07, 6.45) is -0.106. The molecule has 0 fully saturated rings. The van der Waals surface area contributed by atoms with Gasteiger partial charge in [0.05, 0.1) is 13.2 Å². The van der Waals surface area contributed by atoms with E-state index in [1.807, 2.05) is 4.72 Å². The number of nitrogens with one attached hydrogen (secondary N) is 1. The molecule has 32 heavy (non-hydrogen) atoms. The molecule has 17 heteroatoms. The molecule has 0 atom stereocenters. The molecule has 174 valence electrons. The van der Waals surface area contributed by atoms with Crippen molar-refractivity contribution in [1.29, 1.82) is 0 Å². The molecule has 0 spiro atoms. The molecule has 0 amide bonds. The van der Waals surface area contributed by atoms with Gasteiger partial charge in [-0.2, -0.15) is 4.72 Å². The van der Waals surface area contributed by atoms with Crippen LogP contribution < -0.4 is 14.2 Å². The van der Waals surface area contributed by atoms with Gasteiger partial charge in [0.15, 0.2) is 11.5 Å². The fourth-order valence-electron chi connectivity index (χ4n) is 2.35. The van der Waals surface area contributed by atoms with Crippen LogP contribution in [0.5, 0.6) is 11.5 Å². The van der Waals surface area contributed by atoms with Crippen molar-refractivity contribution in [3.8, 4) is 11.5 Å². The van der Waals surface area contributed by atoms with Gasteiger partial charge in [0.25, 0.3) is 10.0 Å². The van der Waals surface area contributed by atoms with Crippen molar-refractivity contribution in [2.24, 2.45) is 10.2 Å². The standard InChI is InChI=1S/C15H20N7O7PS2/c16-21-18-3-1-5-28-12-7-11-8-15(32(26,27)20-10-30(23,24)25)31-14(11)9-13(12)29-6-2-4-19-22-17/h7-9,20H,1-6,10H2,(H2,23,24,25). The number of sulfonamides is 1. The highest BCUT2D eigenvalue weighted by molar-refractivity contribution is 7.92. The van der Waals surface area contributed by atoms with Crippen LogP contribution in [0.25, 0.3) is 31.0 Å². The molecule has 0 aliphatic heterocycles. The number of ether oxygens (including phenoxy) is 2. The number of fused-ring (bicyclic) bond motifs is 1. The molecule has 0 saturated heterocycles. The Morgan fingerprint density at radius 1 is 1.03 bits per heavy atom. The summed E-state index contributed by atoms with van der Waals surface area (Å²) in [6, 6.07) is 4.54. The van der Waals surface area contributed by atoms with Crippen LogP contribution in [0.2, 0.25) is 0 Å². The van der Waals surface area contributed by atoms with Gasteiger partial charge in [-0.05, 0) is 41.4 Å². The fraction of sp³-hybridized carbons (Fsp3) is 0.467. The van der Waals surface area contributed by atoms with Gasteiger partial charge in [-0.25, -0.2) is 8.42 Å². The van der Waals surface area contributed by atoms with Crippen LogP contribution in [0, 0.1) is 0 Å². The van der Waals surface area contributed by atoms with E-state index in [2.05, 4.69) is 20.1 Å². The molecule has 0 aliphatic rings. The minimum absolute atomic E-state index is 0.129. The summed E-state index contributed by atoms with van der Waals surface area (Å²) in [4.78, 5) is 23.1. The summed E-state index contributed by atoms with van der Waals surface area (Å²) in [6.45, 7) is 0.930. The second kappa shape index (κ2) is 11.9. The van der Waals surface area contributed by atoms with Crippen LogP contribution in [0.3, 0.4) is 0 Å². The van der Waals surface area contributed by atoms with Crippen molar-refractivity contribution < 1.29 is 32.2 Å². The van der Waals surface area contributed by atoms with Crippen LogP contribution in [0.1, 0.15) is 12.8 Å². The largest absolute Gasteiger partial charge is 0.490 e. The molecule has 0 bridgehead atoms. The van der Waals surface area contributed by atoms with Crippen LogP contribution in [0.4, 0.5) is 0 Å². The first kappa shape index (κ1) is 25.7. The van der Waals surface area contributed by atoms with Crippen molar-refractivity contribution in [2.75, 3.05) is 32.6 Å². The van der Waals surface area contributed by atoms with E-state index in [0.717, 1.165) is 11.3 Å². The monoisotopic (exact) mass is 505 g/mol. The average Bonchev–Trinajstić information content (AvgIpc) is 3.15. The van der Waals surface area contributed by atoms with Gasteiger partial charge in [0, 0.05) is 33.7 Å². The molecule has 1 aromatic carbocycles. The molecule has 0 unspecified atom stereocenters. The molecule has 2 aromatic rings. The minimum atomic E-state index is -4.56. The van der Waals surface area contributed by atoms with E-state index < -0.39 is 23.9 Å². The quantitative estimate of drug-likeness (QED) is 0.114. The predicted molar refractivity (Wildman–Crippen MR) is 117 cm³/mol. The van der Waals surface area contributed by atoms with Gasteiger partial charge < -0.3 is 19.3 Å². The van der Waals surface area contributed by atoms with Crippen LogP contribution in [-0.2, 0) is 14.6 Å². The Bertz CT molecular complexity index is 1120. The SMILES string of the molecule is [N-]=[N+]=NCCCOc1cc2cc(S(=O)(=O)NCP(=O)(O)O)sc2cc1OCCCN=[N+]=[N-]. The molecule has 2 rings (SSSR count). The Kier molecular flexibility index (Phi) is 9.57. The molecule has 0 saturated carbocycles. The maximum absolute atomic E-state index is 12.4. The molecule has 14 nitrogen and oxygen atoms in total. The number of hydrogen-bond donors (Lipinski definition) is 3. The first-order valence-corrected chi connectivity index (χ1v) is 13.1. The summed E-state index contributed by atoms with van der Waals surface area (Å²) in [7, 11) is -8.69. The topological polar surface area (TPSA) is 220 Å². The first-order valence-electron chi connectivity index (χ1n) is 9.05. The van der Waals surface area contributed by atoms with E-state index in [9.17, 15) is 13.0 Å². The van der Waals surface area contributed by atoms with Crippen molar-refractivity contribution in [3.63, 3.8) is 0 Å². The maximum atomic E-state index is 12.4. The van der Waals surface area contributed by atoms with E-state index in [0.29, 0.717) is 34.4 Å². The lowest BCUT2D eigenvalue weighted by Gasteiger charge is -2.12. The normalized spacial score (nSPS) is 11.6. The zero-order valence-corrected chi connectivity index (χ0v) is 19.1. The third-order valence-corrected chi connectivity index (χ3v) is 7.49. The molecule has 1 aromatic heterocycles.